The fourth-order valence-corrected chi connectivity index (χ4v) is 4.74. The summed E-state index contributed by atoms with van der Waals surface area (Å²) < 4.78 is 1.80. The molecule has 2 aromatic rings. The van der Waals surface area contributed by atoms with Crippen LogP contribution in [0.1, 0.15) is 30.7 Å². The summed E-state index contributed by atoms with van der Waals surface area (Å²) in [5.41, 5.74) is 1.95. The first-order chi connectivity index (χ1) is 13.5. The molecule has 0 saturated carbocycles. The van der Waals surface area contributed by atoms with Crippen molar-refractivity contribution in [2.75, 3.05) is 23.7 Å². The number of hydrogen-bond acceptors (Lipinski definition) is 7. The van der Waals surface area contributed by atoms with Gasteiger partial charge in [0.05, 0.1) is 17.7 Å². The van der Waals surface area contributed by atoms with E-state index in [1.807, 2.05) is 26.0 Å². The third-order valence-electron chi connectivity index (χ3n) is 5.23. The van der Waals surface area contributed by atoms with E-state index in [1.165, 1.54) is 11.8 Å². The number of aromatic nitrogens is 4. The Bertz CT molecular complexity index is 898. The number of amides is 1. The summed E-state index contributed by atoms with van der Waals surface area (Å²) in [4.78, 5) is 35.4. The zero-order chi connectivity index (χ0) is 19.7. The van der Waals surface area contributed by atoms with Gasteiger partial charge >= 0.3 is 0 Å². The van der Waals surface area contributed by atoms with Gasteiger partial charge in [0.1, 0.15) is 12.1 Å². The molecule has 0 spiro atoms. The summed E-state index contributed by atoms with van der Waals surface area (Å²) in [5.74, 6) is 2.13. The maximum atomic E-state index is 12.7. The van der Waals surface area contributed by atoms with Crippen molar-refractivity contribution in [3.05, 3.63) is 29.8 Å². The lowest BCUT2D eigenvalue weighted by Crippen LogP contribution is -2.47. The number of rotatable bonds is 4. The van der Waals surface area contributed by atoms with Crippen LogP contribution in [0.25, 0.3) is 5.82 Å². The Hall–Kier alpha value is -2.42. The van der Waals surface area contributed by atoms with E-state index in [0.717, 1.165) is 54.6 Å². The van der Waals surface area contributed by atoms with Crippen molar-refractivity contribution in [3.63, 3.8) is 0 Å². The molecule has 2 fully saturated rings. The van der Waals surface area contributed by atoms with Crippen molar-refractivity contribution in [2.45, 2.75) is 39.2 Å². The van der Waals surface area contributed by atoms with Gasteiger partial charge < -0.3 is 10.2 Å². The van der Waals surface area contributed by atoms with Crippen molar-refractivity contribution >= 4 is 28.6 Å². The van der Waals surface area contributed by atoms with Crippen LogP contribution in [0.4, 0.5) is 5.82 Å². The molecule has 2 atom stereocenters. The van der Waals surface area contributed by atoms with Gasteiger partial charge in [0.25, 0.3) is 0 Å². The highest BCUT2D eigenvalue weighted by molar-refractivity contribution is 8.14. The van der Waals surface area contributed by atoms with E-state index < -0.39 is 0 Å². The van der Waals surface area contributed by atoms with Gasteiger partial charge in [0.15, 0.2) is 5.82 Å². The van der Waals surface area contributed by atoms with E-state index in [2.05, 4.69) is 25.3 Å². The van der Waals surface area contributed by atoms with Gasteiger partial charge in [-0.05, 0) is 39.2 Å². The maximum Gasteiger partial charge on any atom is 0.225 e. The minimum atomic E-state index is -0.329. The molecular weight excluding hydrogens is 376 g/mol. The van der Waals surface area contributed by atoms with Crippen LogP contribution in [0.3, 0.4) is 0 Å². The van der Waals surface area contributed by atoms with Crippen LogP contribution in [0.5, 0.6) is 0 Å². The summed E-state index contributed by atoms with van der Waals surface area (Å²) in [7, 11) is 0. The normalized spacial score (nSPS) is 22.5. The van der Waals surface area contributed by atoms with E-state index in [-0.39, 0.29) is 23.0 Å². The second-order valence-corrected chi connectivity index (χ2v) is 8.48. The number of piperidine rings is 1. The Morgan fingerprint density at radius 1 is 1.21 bits per heavy atom. The molecular formula is C19H24N6O2S. The maximum absolute atomic E-state index is 12.7. The lowest BCUT2D eigenvalue weighted by molar-refractivity contribution is -0.128. The van der Waals surface area contributed by atoms with Crippen molar-refractivity contribution in [2.24, 2.45) is 5.92 Å². The summed E-state index contributed by atoms with van der Waals surface area (Å²) in [5, 5.41) is 7.49. The summed E-state index contributed by atoms with van der Waals surface area (Å²) >= 11 is 1.30. The molecule has 0 aliphatic carbocycles. The van der Waals surface area contributed by atoms with Crippen LogP contribution >= 0.6 is 11.8 Å². The van der Waals surface area contributed by atoms with Gasteiger partial charge in [-0.15, -0.1) is 0 Å². The SMILES string of the molecule is Cc1cc(C)n(-c2cc(N3CCC[C@H](C(=O)N[C@H]4CCSC4=O)C3)ncn2)n1. The summed E-state index contributed by atoms with van der Waals surface area (Å²) in [6.45, 7) is 5.38. The zero-order valence-corrected chi connectivity index (χ0v) is 16.9. The van der Waals surface area contributed by atoms with Crippen molar-refractivity contribution < 1.29 is 9.59 Å². The highest BCUT2D eigenvalue weighted by Gasteiger charge is 2.32. The van der Waals surface area contributed by atoms with Crippen LogP contribution in [0, 0.1) is 19.8 Å². The van der Waals surface area contributed by atoms with E-state index in [0.29, 0.717) is 6.54 Å². The van der Waals surface area contributed by atoms with Gasteiger partial charge in [0, 0.05) is 30.6 Å². The second kappa shape index (κ2) is 7.90. The van der Waals surface area contributed by atoms with E-state index in [1.54, 1.807) is 11.0 Å². The van der Waals surface area contributed by atoms with Crippen molar-refractivity contribution in [1.82, 2.24) is 25.1 Å². The first-order valence-electron chi connectivity index (χ1n) is 9.59. The number of nitrogens with zero attached hydrogens (tertiary/aromatic N) is 5. The molecule has 2 aliphatic rings. The highest BCUT2D eigenvalue weighted by Crippen LogP contribution is 2.25. The number of carbonyl (C=O) groups excluding carboxylic acids is 2. The predicted octanol–water partition coefficient (Wildman–Crippen LogP) is 1.64. The molecule has 2 aromatic heterocycles. The molecule has 28 heavy (non-hydrogen) atoms. The number of hydrogen-bond donors (Lipinski definition) is 1. The molecule has 2 saturated heterocycles. The molecule has 1 N–H and O–H groups in total. The quantitative estimate of drug-likeness (QED) is 0.834. The molecule has 0 bridgehead atoms. The van der Waals surface area contributed by atoms with Gasteiger partial charge in [0.2, 0.25) is 11.0 Å². The summed E-state index contributed by atoms with van der Waals surface area (Å²) in [6.07, 6.45) is 4.00. The Balaban J connectivity index is 1.47. The number of anilines is 1. The first-order valence-corrected chi connectivity index (χ1v) is 10.6. The Labute approximate surface area is 168 Å². The molecule has 1 amide bonds. The largest absolute Gasteiger partial charge is 0.356 e. The van der Waals surface area contributed by atoms with E-state index in [9.17, 15) is 9.59 Å². The summed E-state index contributed by atoms with van der Waals surface area (Å²) in [6, 6.07) is 3.59. The fourth-order valence-electron chi connectivity index (χ4n) is 3.80. The van der Waals surface area contributed by atoms with Crippen LogP contribution in [0.2, 0.25) is 0 Å². The molecule has 4 rings (SSSR count). The Kier molecular flexibility index (Phi) is 5.34. The third-order valence-corrected chi connectivity index (χ3v) is 6.24. The first kappa shape index (κ1) is 18.9. The molecule has 8 nitrogen and oxygen atoms in total. The van der Waals surface area contributed by atoms with Crippen molar-refractivity contribution in [3.8, 4) is 5.82 Å². The molecule has 0 unspecified atom stereocenters. The number of thioether (sulfide) groups is 1. The van der Waals surface area contributed by atoms with Crippen LogP contribution in [0.15, 0.2) is 18.5 Å². The van der Waals surface area contributed by atoms with Crippen LogP contribution in [-0.4, -0.2) is 55.7 Å². The smallest absolute Gasteiger partial charge is 0.225 e. The monoisotopic (exact) mass is 400 g/mol. The van der Waals surface area contributed by atoms with E-state index >= 15 is 0 Å². The van der Waals surface area contributed by atoms with Crippen LogP contribution in [-0.2, 0) is 9.59 Å². The minimum Gasteiger partial charge on any atom is -0.356 e. The average Bonchev–Trinajstić information content (AvgIpc) is 3.26. The zero-order valence-electron chi connectivity index (χ0n) is 16.1. The van der Waals surface area contributed by atoms with Crippen LogP contribution < -0.4 is 10.2 Å². The Morgan fingerprint density at radius 3 is 2.75 bits per heavy atom. The topological polar surface area (TPSA) is 93.0 Å². The lowest BCUT2D eigenvalue weighted by atomic mass is 9.96. The second-order valence-electron chi connectivity index (χ2n) is 7.38. The predicted molar refractivity (Wildman–Crippen MR) is 108 cm³/mol. The highest BCUT2D eigenvalue weighted by atomic mass is 32.2. The molecule has 0 radical (unpaired) electrons. The van der Waals surface area contributed by atoms with Gasteiger partial charge in [-0.25, -0.2) is 14.6 Å². The number of carbonyl (C=O) groups is 2. The number of nitrogens with one attached hydrogen (secondary N) is 1. The van der Waals surface area contributed by atoms with Crippen molar-refractivity contribution in [1.29, 1.82) is 0 Å². The Morgan fingerprint density at radius 2 is 2.04 bits per heavy atom. The lowest BCUT2D eigenvalue weighted by Gasteiger charge is -2.33. The standard InChI is InChI=1S/C19H24N6O2S/c1-12-8-13(2)25(23-12)17-9-16(20-11-21-17)24-6-3-4-14(10-24)18(26)22-15-5-7-28-19(15)27/h8-9,11,14-15H,3-7,10H2,1-2H3,(H,22,26)/t14-,15-/m0/s1. The minimum absolute atomic E-state index is 0.0293. The fraction of sp³-hybridized carbons (Fsp3) is 0.526. The molecule has 148 valence electrons. The molecule has 2 aliphatic heterocycles. The van der Waals surface area contributed by atoms with E-state index in [4.69, 9.17) is 0 Å². The third kappa shape index (κ3) is 3.89. The molecule has 0 aromatic carbocycles. The van der Waals surface area contributed by atoms with Gasteiger partial charge in [-0.2, -0.15) is 5.10 Å². The average molecular weight is 401 g/mol. The number of aryl methyl sites for hydroxylation is 2. The molecule has 9 heteroatoms. The molecule has 4 heterocycles. The van der Waals surface area contributed by atoms with Gasteiger partial charge in [-0.1, -0.05) is 11.8 Å². The van der Waals surface area contributed by atoms with Gasteiger partial charge in [-0.3, -0.25) is 9.59 Å².